The zero-order chi connectivity index (χ0) is 19.3. The molecule has 1 unspecified atom stereocenters. The molecule has 1 aromatic carbocycles. The SMILES string of the molecule is CCc1cc(N2CCC(NC(=O)CC3OCCc4ccccc43)CC2)ncn1. The van der Waals surface area contributed by atoms with Gasteiger partial charge in [-0.3, -0.25) is 4.79 Å². The third-order valence-corrected chi connectivity index (χ3v) is 5.72. The second-order valence-electron chi connectivity index (χ2n) is 7.56. The topological polar surface area (TPSA) is 67.4 Å². The molecule has 1 N–H and O–H groups in total. The van der Waals surface area contributed by atoms with Gasteiger partial charge < -0.3 is 15.0 Å². The summed E-state index contributed by atoms with van der Waals surface area (Å²) < 4.78 is 5.88. The van der Waals surface area contributed by atoms with Gasteiger partial charge in [-0.05, 0) is 36.8 Å². The second-order valence-corrected chi connectivity index (χ2v) is 7.56. The lowest BCUT2D eigenvalue weighted by Gasteiger charge is -2.33. The summed E-state index contributed by atoms with van der Waals surface area (Å²) in [5.41, 5.74) is 3.53. The summed E-state index contributed by atoms with van der Waals surface area (Å²) in [4.78, 5) is 23.6. The molecule has 1 saturated heterocycles. The largest absolute Gasteiger partial charge is 0.373 e. The van der Waals surface area contributed by atoms with Crippen molar-refractivity contribution in [2.45, 2.75) is 51.2 Å². The molecule has 0 radical (unpaired) electrons. The zero-order valence-corrected chi connectivity index (χ0v) is 16.4. The van der Waals surface area contributed by atoms with E-state index in [1.807, 2.05) is 6.07 Å². The number of amides is 1. The Bertz CT molecular complexity index is 818. The van der Waals surface area contributed by atoms with Crippen LogP contribution in [0.25, 0.3) is 0 Å². The number of hydrogen-bond donors (Lipinski definition) is 1. The number of nitrogens with zero attached hydrogens (tertiary/aromatic N) is 3. The predicted molar refractivity (Wildman–Crippen MR) is 108 cm³/mol. The first-order chi connectivity index (χ1) is 13.7. The van der Waals surface area contributed by atoms with Gasteiger partial charge in [-0.25, -0.2) is 9.97 Å². The fourth-order valence-corrected chi connectivity index (χ4v) is 4.11. The Balaban J connectivity index is 1.29. The number of rotatable bonds is 5. The minimum Gasteiger partial charge on any atom is -0.373 e. The van der Waals surface area contributed by atoms with E-state index in [-0.39, 0.29) is 18.1 Å². The minimum atomic E-state index is -0.126. The molecule has 6 nitrogen and oxygen atoms in total. The van der Waals surface area contributed by atoms with Crippen molar-refractivity contribution in [2.75, 3.05) is 24.6 Å². The Morgan fingerprint density at radius 2 is 2.07 bits per heavy atom. The van der Waals surface area contributed by atoms with E-state index in [2.05, 4.69) is 51.4 Å². The van der Waals surface area contributed by atoms with Crippen molar-refractivity contribution in [3.63, 3.8) is 0 Å². The van der Waals surface area contributed by atoms with Crippen molar-refractivity contribution in [3.05, 3.63) is 53.5 Å². The number of anilines is 1. The van der Waals surface area contributed by atoms with Gasteiger partial charge in [-0.2, -0.15) is 0 Å². The molecule has 4 rings (SSSR count). The molecule has 0 spiro atoms. The number of carbonyl (C=O) groups is 1. The molecule has 3 heterocycles. The van der Waals surface area contributed by atoms with E-state index in [9.17, 15) is 4.79 Å². The summed E-state index contributed by atoms with van der Waals surface area (Å²) in [6, 6.07) is 10.6. The predicted octanol–water partition coefficient (Wildman–Crippen LogP) is 2.83. The number of piperidine rings is 1. The van der Waals surface area contributed by atoms with Gasteiger partial charge in [0.1, 0.15) is 12.1 Å². The van der Waals surface area contributed by atoms with E-state index in [0.29, 0.717) is 13.0 Å². The number of aryl methyl sites for hydroxylation is 1. The molecule has 0 saturated carbocycles. The van der Waals surface area contributed by atoms with Crippen molar-refractivity contribution in [1.82, 2.24) is 15.3 Å². The third kappa shape index (κ3) is 4.33. The lowest BCUT2D eigenvalue weighted by molar-refractivity contribution is -0.125. The van der Waals surface area contributed by atoms with Gasteiger partial charge >= 0.3 is 0 Å². The third-order valence-electron chi connectivity index (χ3n) is 5.72. The summed E-state index contributed by atoms with van der Waals surface area (Å²) in [6.07, 6.45) is 5.61. The highest BCUT2D eigenvalue weighted by Gasteiger charge is 2.26. The Kier molecular flexibility index (Phi) is 5.86. The van der Waals surface area contributed by atoms with Gasteiger partial charge in [0.15, 0.2) is 0 Å². The quantitative estimate of drug-likeness (QED) is 0.864. The van der Waals surface area contributed by atoms with Gasteiger partial charge in [0.25, 0.3) is 0 Å². The summed E-state index contributed by atoms with van der Waals surface area (Å²) in [7, 11) is 0. The van der Waals surface area contributed by atoms with Crippen LogP contribution in [0, 0.1) is 0 Å². The van der Waals surface area contributed by atoms with Crippen LogP contribution >= 0.6 is 0 Å². The molecule has 1 atom stereocenters. The smallest absolute Gasteiger partial charge is 0.223 e. The van der Waals surface area contributed by atoms with Crippen LogP contribution in [0.15, 0.2) is 36.7 Å². The number of ether oxygens (including phenoxy) is 1. The van der Waals surface area contributed by atoms with E-state index >= 15 is 0 Å². The molecule has 2 aromatic rings. The van der Waals surface area contributed by atoms with Gasteiger partial charge in [-0.15, -0.1) is 0 Å². The van der Waals surface area contributed by atoms with Crippen LogP contribution in [-0.2, 0) is 22.4 Å². The van der Waals surface area contributed by atoms with E-state index in [1.165, 1.54) is 5.56 Å². The first-order valence-electron chi connectivity index (χ1n) is 10.3. The normalized spacial score (nSPS) is 19.9. The lowest BCUT2D eigenvalue weighted by Crippen LogP contribution is -2.45. The fraction of sp³-hybridized carbons (Fsp3) is 0.500. The Hall–Kier alpha value is -2.47. The fourth-order valence-electron chi connectivity index (χ4n) is 4.11. The lowest BCUT2D eigenvalue weighted by atomic mass is 9.95. The van der Waals surface area contributed by atoms with E-state index in [1.54, 1.807) is 6.33 Å². The van der Waals surface area contributed by atoms with Crippen molar-refractivity contribution >= 4 is 11.7 Å². The number of hydrogen-bond acceptors (Lipinski definition) is 5. The highest BCUT2D eigenvalue weighted by Crippen LogP contribution is 2.29. The maximum Gasteiger partial charge on any atom is 0.223 e. The molecule has 1 aromatic heterocycles. The molecule has 0 aliphatic carbocycles. The van der Waals surface area contributed by atoms with E-state index < -0.39 is 0 Å². The Morgan fingerprint density at radius 1 is 1.25 bits per heavy atom. The second kappa shape index (κ2) is 8.69. The van der Waals surface area contributed by atoms with Crippen LogP contribution in [0.5, 0.6) is 0 Å². The zero-order valence-electron chi connectivity index (χ0n) is 16.4. The van der Waals surface area contributed by atoms with Crippen LogP contribution in [0.1, 0.15) is 49.1 Å². The summed E-state index contributed by atoms with van der Waals surface area (Å²) in [6.45, 7) is 4.58. The summed E-state index contributed by atoms with van der Waals surface area (Å²) in [5, 5.41) is 3.21. The van der Waals surface area contributed by atoms with Crippen molar-refractivity contribution in [2.24, 2.45) is 0 Å². The molecule has 6 heteroatoms. The molecular formula is C22H28N4O2. The van der Waals surface area contributed by atoms with Gasteiger partial charge in [0, 0.05) is 30.9 Å². The van der Waals surface area contributed by atoms with Crippen molar-refractivity contribution < 1.29 is 9.53 Å². The molecule has 1 fully saturated rings. The summed E-state index contributed by atoms with van der Waals surface area (Å²) >= 11 is 0. The maximum absolute atomic E-state index is 12.6. The standard InChI is InChI=1S/C22H28N4O2/c1-2-17-13-21(24-15-23-17)26-10-7-18(8-11-26)25-22(27)14-20-19-6-4-3-5-16(19)9-12-28-20/h3-6,13,15,18,20H,2,7-12,14H2,1H3,(H,25,27). The average molecular weight is 380 g/mol. The molecule has 2 aliphatic heterocycles. The first kappa shape index (κ1) is 18.9. The minimum absolute atomic E-state index is 0.0791. The van der Waals surface area contributed by atoms with E-state index in [4.69, 9.17) is 4.74 Å². The molecule has 28 heavy (non-hydrogen) atoms. The molecule has 148 valence electrons. The number of carbonyl (C=O) groups excluding carboxylic acids is 1. The summed E-state index contributed by atoms with van der Waals surface area (Å²) in [5.74, 6) is 1.07. The van der Waals surface area contributed by atoms with Crippen molar-refractivity contribution in [3.8, 4) is 0 Å². The number of benzene rings is 1. The maximum atomic E-state index is 12.6. The van der Waals surface area contributed by atoms with Crippen molar-refractivity contribution in [1.29, 1.82) is 0 Å². The van der Waals surface area contributed by atoms with E-state index in [0.717, 1.165) is 55.8 Å². The van der Waals surface area contributed by atoms with Crippen LogP contribution in [0.2, 0.25) is 0 Å². The molecular weight excluding hydrogens is 352 g/mol. The number of fused-ring (bicyclic) bond motifs is 1. The van der Waals surface area contributed by atoms with Gasteiger partial charge in [0.2, 0.25) is 5.91 Å². The number of aromatic nitrogens is 2. The van der Waals surface area contributed by atoms with Crippen LogP contribution in [0.4, 0.5) is 5.82 Å². The first-order valence-corrected chi connectivity index (χ1v) is 10.3. The monoisotopic (exact) mass is 380 g/mol. The van der Waals surface area contributed by atoms with Crippen LogP contribution in [-0.4, -0.2) is 41.6 Å². The van der Waals surface area contributed by atoms with Gasteiger partial charge in [0.05, 0.1) is 19.1 Å². The average Bonchev–Trinajstić information content (AvgIpc) is 2.74. The molecule has 2 aliphatic rings. The Labute approximate surface area is 166 Å². The van der Waals surface area contributed by atoms with Crippen LogP contribution < -0.4 is 10.2 Å². The highest BCUT2D eigenvalue weighted by molar-refractivity contribution is 5.77. The molecule has 0 bridgehead atoms. The Morgan fingerprint density at radius 3 is 2.89 bits per heavy atom. The van der Waals surface area contributed by atoms with Gasteiger partial charge in [-0.1, -0.05) is 31.2 Å². The molecule has 1 amide bonds. The highest BCUT2D eigenvalue weighted by atomic mass is 16.5. The van der Waals surface area contributed by atoms with Crippen LogP contribution in [0.3, 0.4) is 0 Å². The number of nitrogens with one attached hydrogen (secondary N) is 1.